The molecule has 0 amide bonds. The third-order valence-corrected chi connectivity index (χ3v) is 7.58. The van der Waals surface area contributed by atoms with Crippen LogP contribution in [0.25, 0.3) is 10.8 Å². The van der Waals surface area contributed by atoms with Crippen LogP contribution in [-0.4, -0.2) is 36.3 Å². The Morgan fingerprint density at radius 3 is 2.42 bits per heavy atom. The largest absolute Gasteiger partial charge is 1.00 e. The number of benzene rings is 2. The van der Waals surface area contributed by atoms with Crippen LogP contribution in [0.3, 0.4) is 0 Å². The molecule has 1 N–H and O–H groups in total. The monoisotopic (exact) mass is 373 g/mol. The Bertz CT molecular complexity index is 794. The highest BCUT2D eigenvalue weighted by molar-refractivity contribution is 5.85. The SMILES string of the molecule is CC1(C)[C@H]2CC[C@]1(C[N+](C)(C)Cc1cccc3ccccc13)[C@@H](O)C2.[Cl-]. The number of fused-ring (bicyclic) bond motifs is 3. The van der Waals surface area contributed by atoms with Crippen molar-refractivity contribution in [2.75, 3.05) is 20.6 Å². The van der Waals surface area contributed by atoms with E-state index in [-0.39, 0.29) is 29.3 Å². The molecule has 0 aliphatic heterocycles. The van der Waals surface area contributed by atoms with Gasteiger partial charge in [-0.05, 0) is 41.4 Å². The lowest BCUT2D eigenvalue weighted by atomic mass is 9.67. The van der Waals surface area contributed by atoms with Crippen molar-refractivity contribution in [3.05, 3.63) is 48.0 Å². The first-order valence-corrected chi connectivity index (χ1v) is 9.72. The molecule has 0 heterocycles. The van der Waals surface area contributed by atoms with Crippen LogP contribution in [-0.2, 0) is 6.54 Å². The van der Waals surface area contributed by atoms with Gasteiger partial charge in [0, 0.05) is 5.56 Å². The molecule has 142 valence electrons. The molecule has 2 bridgehead atoms. The summed E-state index contributed by atoms with van der Waals surface area (Å²) >= 11 is 0. The number of rotatable bonds is 4. The van der Waals surface area contributed by atoms with Crippen molar-refractivity contribution in [3.8, 4) is 0 Å². The lowest BCUT2D eigenvalue weighted by Crippen LogP contribution is -3.00. The van der Waals surface area contributed by atoms with Crippen LogP contribution in [0.2, 0.25) is 0 Å². The lowest BCUT2D eigenvalue weighted by molar-refractivity contribution is -0.911. The first kappa shape index (κ1) is 19.7. The van der Waals surface area contributed by atoms with E-state index in [1.807, 2.05) is 0 Å². The minimum Gasteiger partial charge on any atom is -1.00 e. The highest BCUT2D eigenvalue weighted by atomic mass is 35.5. The van der Waals surface area contributed by atoms with E-state index >= 15 is 0 Å². The molecule has 2 aromatic rings. The Balaban J connectivity index is 0.00000196. The summed E-state index contributed by atoms with van der Waals surface area (Å²) in [6.07, 6.45) is 3.34. The summed E-state index contributed by atoms with van der Waals surface area (Å²) in [5, 5.41) is 13.6. The summed E-state index contributed by atoms with van der Waals surface area (Å²) in [7, 11) is 4.68. The highest BCUT2D eigenvalue weighted by Crippen LogP contribution is 2.66. The van der Waals surface area contributed by atoms with Crippen molar-refractivity contribution in [2.24, 2.45) is 16.7 Å². The number of quaternary nitrogens is 1. The number of hydrogen-bond donors (Lipinski definition) is 1. The molecule has 0 spiro atoms. The number of hydrogen-bond acceptors (Lipinski definition) is 1. The average molecular weight is 374 g/mol. The zero-order valence-electron chi connectivity index (χ0n) is 16.5. The summed E-state index contributed by atoms with van der Waals surface area (Å²) in [5.41, 5.74) is 1.74. The van der Waals surface area contributed by atoms with E-state index < -0.39 is 0 Å². The maximum Gasteiger partial charge on any atom is 0.105 e. The van der Waals surface area contributed by atoms with E-state index in [4.69, 9.17) is 0 Å². The summed E-state index contributed by atoms with van der Waals surface area (Å²) in [4.78, 5) is 0. The maximum absolute atomic E-state index is 10.9. The molecule has 0 radical (unpaired) electrons. The van der Waals surface area contributed by atoms with E-state index in [9.17, 15) is 5.11 Å². The third-order valence-electron chi connectivity index (χ3n) is 7.58. The quantitative estimate of drug-likeness (QED) is 0.807. The second-order valence-electron chi connectivity index (χ2n) is 9.76. The van der Waals surface area contributed by atoms with Crippen LogP contribution in [0, 0.1) is 16.7 Å². The second-order valence-corrected chi connectivity index (χ2v) is 9.76. The molecular formula is C23H32ClNO. The molecule has 2 aromatic carbocycles. The standard InChI is InChI=1S/C23H32NO.ClH/c1-22(2)19-12-13-23(22,21(25)14-19)16-24(3,4)15-18-10-7-9-17-8-5-6-11-20(17)18;/h5-11,19,21,25H,12-16H2,1-4H3;1H/q+1;/p-1/t19-,21-,23-;/m0./s1. The van der Waals surface area contributed by atoms with Gasteiger partial charge in [0.25, 0.3) is 0 Å². The Labute approximate surface area is 164 Å². The minimum atomic E-state index is -0.133. The predicted octanol–water partition coefficient (Wildman–Crippen LogP) is 1.61. The molecule has 0 unspecified atom stereocenters. The summed E-state index contributed by atoms with van der Waals surface area (Å²) in [6, 6.07) is 15.3. The second kappa shape index (κ2) is 6.51. The Morgan fingerprint density at radius 1 is 1.08 bits per heavy atom. The van der Waals surface area contributed by atoms with Crippen molar-refractivity contribution in [1.82, 2.24) is 0 Å². The fourth-order valence-electron chi connectivity index (χ4n) is 6.12. The number of nitrogens with zero attached hydrogens (tertiary/aromatic N) is 1. The van der Waals surface area contributed by atoms with Crippen LogP contribution < -0.4 is 12.4 Å². The fourth-order valence-corrected chi connectivity index (χ4v) is 6.12. The molecule has 4 rings (SSSR count). The first-order valence-electron chi connectivity index (χ1n) is 9.72. The molecule has 3 atom stereocenters. The summed E-state index contributed by atoms with van der Waals surface area (Å²) in [5.74, 6) is 0.694. The van der Waals surface area contributed by atoms with Gasteiger partial charge >= 0.3 is 0 Å². The van der Waals surface area contributed by atoms with Gasteiger partial charge in [-0.1, -0.05) is 56.3 Å². The van der Waals surface area contributed by atoms with Gasteiger partial charge in [0.15, 0.2) is 0 Å². The van der Waals surface area contributed by atoms with Crippen molar-refractivity contribution in [3.63, 3.8) is 0 Å². The van der Waals surface area contributed by atoms with E-state index in [2.05, 4.69) is 70.4 Å². The van der Waals surface area contributed by atoms with Gasteiger partial charge in [0.1, 0.15) is 6.54 Å². The summed E-state index contributed by atoms with van der Waals surface area (Å²) < 4.78 is 0.932. The van der Waals surface area contributed by atoms with Gasteiger partial charge in [-0.15, -0.1) is 0 Å². The molecule has 2 saturated carbocycles. The molecule has 2 fully saturated rings. The molecule has 0 saturated heterocycles. The van der Waals surface area contributed by atoms with Gasteiger partial charge < -0.3 is 22.0 Å². The molecule has 2 aliphatic carbocycles. The van der Waals surface area contributed by atoms with Crippen molar-refractivity contribution in [1.29, 1.82) is 0 Å². The van der Waals surface area contributed by atoms with E-state index in [1.54, 1.807) is 0 Å². The molecule has 3 heteroatoms. The summed E-state index contributed by atoms with van der Waals surface area (Å²) in [6.45, 7) is 6.87. The lowest BCUT2D eigenvalue weighted by Gasteiger charge is -2.46. The third kappa shape index (κ3) is 2.87. The van der Waals surface area contributed by atoms with Crippen molar-refractivity contribution < 1.29 is 22.0 Å². The maximum atomic E-state index is 10.9. The van der Waals surface area contributed by atoms with E-state index in [0.29, 0.717) is 5.92 Å². The van der Waals surface area contributed by atoms with Crippen molar-refractivity contribution in [2.45, 2.75) is 45.8 Å². The number of aliphatic hydroxyl groups excluding tert-OH is 1. The minimum absolute atomic E-state index is 0. The number of aliphatic hydroxyl groups is 1. The zero-order valence-corrected chi connectivity index (χ0v) is 17.3. The van der Waals surface area contributed by atoms with Gasteiger partial charge in [0.2, 0.25) is 0 Å². The van der Waals surface area contributed by atoms with Gasteiger partial charge in [-0.2, -0.15) is 0 Å². The van der Waals surface area contributed by atoms with Gasteiger partial charge in [-0.3, -0.25) is 0 Å². The van der Waals surface area contributed by atoms with Gasteiger partial charge in [-0.25, -0.2) is 0 Å². The molecule has 2 aliphatic rings. The van der Waals surface area contributed by atoms with Crippen LogP contribution >= 0.6 is 0 Å². The fraction of sp³-hybridized carbons (Fsp3) is 0.565. The molecule has 2 nitrogen and oxygen atoms in total. The van der Waals surface area contributed by atoms with Crippen LogP contribution in [0.5, 0.6) is 0 Å². The average Bonchev–Trinajstić information content (AvgIpc) is 2.88. The molecule has 26 heavy (non-hydrogen) atoms. The topological polar surface area (TPSA) is 20.2 Å². The molecule has 0 aromatic heterocycles. The van der Waals surface area contributed by atoms with Gasteiger partial charge in [0.05, 0.1) is 32.2 Å². The number of halogens is 1. The Morgan fingerprint density at radius 2 is 1.77 bits per heavy atom. The van der Waals surface area contributed by atoms with Crippen LogP contribution in [0.15, 0.2) is 42.5 Å². The van der Waals surface area contributed by atoms with Crippen molar-refractivity contribution >= 4 is 10.8 Å². The first-order chi connectivity index (χ1) is 11.8. The highest BCUT2D eigenvalue weighted by Gasteiger charge is 2.65. The normalized spacial score (nSPS) is 29.7. The van der Waals surface area contributed by atoms with E-state index in [1.165, 1.54) is 29.2 Å². The van der Waals surface area contributed by atoms with Crippen LogP contribution in [0.4, 0.5) is 0 Å². The van der Waals surface area contributed by atoms with E-state index in [0.717, 1.165) is 24.0 Å². The molecular weight excluding hydrogens is 342 g/mol. The zero-order chi connectivity index (χ0) is 17.9. The van der Waals surface area contributed by atoms with Crippen LogP contribution in [0.1, 0.15) is 38.7 Å². The Hall–Kier alpha value is -1.09. The smallest absolute Gasteiger partial charge is 0.105 e. The Kier molecular flexibility index (Phi) is 4.92. The predicted molar refractivity (Wildman–Crippen MR) is 104 cm³/mol.